The summed E-state index contributed by atoms with van der Waals surface area (Å²) >= 11 is 6.57. The molecule has 0 spiro atoms. The van der Waals surface area contributed by atoms with E-state index < -0.39 is 0 Å². The lowest BCUT2D eigenvalue weighted by Gasteiger charge is -2.24. The molecule has 1 saturated heterocycles. The Balaban J connectivity index is 1.77. The van der Waals surface area contributed by atoms with Gasteiger partial charge in [0.25, 0.3) is 0 Å². The zero-order valence-corrected chi connectivity index (χ0v) is 18.7. The Hall–Kier alpha value is -1.80. The summed E-state index contributed by atoms with van der Waals surface area (Å²) in [7, 11) is 0. The molecule has 2 nitrogen and oxygen atoms in total. The molecule has 0 bridgehead atoms. The van der Waals surface area contributed by atoms with E-state index in [9.17, 15) is 0 Å². The van der Waals surface area contributed by atoms with Gasteiger partial charge in [0.05, 0.1) is 12.0 Å². The third kappa shape index (κ3) is 5.17. The Morgan fingerprint density at radius 1 is 1.00 bits per heavy atom. The van der Waals surface area contributed by atoms with Gasteiger partial charge in [0.2, 0.25) is 0 Å². The molecule has 1 heterocycles. The number of rotatable bonds is 4. The van der Waals surface area contributed by atoms with Crippen molar-refractivity contribution in [1.29, 1.82) is 0 Å². The molecule has 3 heteroatoms. The SMILES string of the molecule is Cc1cc(N=CN2CCCCC2)c(C)cc1Cc1ccc(C(C)(C)C)c(Cl)c1. The van der Waals surface area contributed by atoms with Gasteiger partial charge in [-0.2, -0.15) is 0 Å². The van der Waals surface area contributed by atoms with E-state index in [0.29, 0.717) is 0 Å². The van der Waals surface area contributed by atoms with Crippen molar-refractivity contribution in [2.24, 2.45) is 4.99 Å². The molecule has 0 radical (unpaired) electrons. The molecule has 2 aromatic carbocycles. The lowest BCUT2D eigenvalue weighted by atomic mass is 9.86. The zero-order chi connectivity index (χ0) is 20.3. The van der Waals surface area contributed by atoms with E-state index in [4.69, 9.17) is 16.6 Å². The second kappa shape index (κ2) is 8.69. The molecule has 0 aliphatic carbocycles. The molecule has 0 N–H and O–H groups in total. The number of hydrogen-bond acceptors (Lipinski definition) is 1. The Morgan fingerprint density at radius 3 is 2.36 bits per heavy atom. The molecule has 0 amide bonds. The second-order valence-corrected chi connectivity index (χ2v) is 9.55. The molecule has 0 unspecified atom stereocenters. The van der Waals surface area contributed by atoms with Crippen LogP contribution in [0.25, 0.3) is 0 Å². The van der Waals surface area contributed by atoms with Crippen LogP contribution in [-0.4, -0.2) is 24.3 Å². The van der Waals surface area contributed by atoms with Crippen LogP contribution in [0.5, 0.6) is 0 Å². The molecular weight excluding hydrogens is 364 g/mol. The van der Waals surface area contributed by atoms with Crippen molar-refractivity contribution >= 4 is 23.6 Å². The minimum Gasteiger partial charge on any atom is -0.363 e. The van der Waals surface area contributed by atoms with E-state index in [0.717, 1.165) is 30.2 Å². The number of hydrogen-bond donors (Lipinski definition) is 0. The van der Waals surface area contributed by atoms with Gasteiger partial charge in [-0.25, -0.2) is 4.99 Å². The van der Waals surface area contributed by atoms with E-state index in [1.54, 1.807) is 0 Å². The number of piperidine rings is 1. The first-order valence-electron chi connectivity index (χ1n) is 10.4. The average molecular weight is 397 g/mol. The Bertz CT molecular complexity index is 856. The molecule has 1 aliphatic heterocycles. The van der Waals surface area contributed by atoms with E-state index >= 15 is 0 Å². The van der Waals surface area contributed by atoms with E-state index in [-0.39, 0.29) is 5.41 Å². The largest absolute Gasteiger partial charge is 0.363 e. The van der Waals surface area contributed by atoms with Gasteiger partial charge in [-0.1, -0.05) is 50.6 Å². The molecule has 150 valence electrons. The minimum absolute atomic E-state index is 0.0656. The van der Waals surface area contributed by atoms with Gasteiger partial charge in [-0.15, -0.1) is 0 Å². The van der Waals surface area contributed by atoms with Gasteiger partial charge in [0.1, 0.15) is 0 Å². The fourth-order valence-electron chi connectivity index (χ4n) is 3.86. The molecule has 2 aromatic rings. The highest BCUT2D eigenvalue weighted by atomic mass is 35.5. The molecule has 28 heavy (non-hydrogen) atoms. The average Bonchev–Trinajstić information content (AvgIpc) is 2.63. The van der Waals surface area contributed by atoms with Crippen LogP contribution in [0.15, 0.2) is 35.3 Å². The molecule has 0 atom stereocenters. The van der Waals surface area contributed by atoms with Crippen LogP contribution in [0.4, 0.5) is 5.69 Å². The lowest BCUT2D eigenvalue weighted by Crippen LogP contribution is -2.28. The van der Waals surface area contributed by atoms with Crippen LogP contribution in [0, 0.1) is 13.8 Å². The second-order valence-electron chi connectivity index (χ2n) is 9.15. The van der Waals surface area contributed by atoms with Crippen molar-refractivity contribution in [3.8, 4) is 0 Å². The van der Waals surface area contributed by atoms with Crippen LogP contribution in [0.1, 0.15) is 67.9 Å². The number of benzene rings is 2. The maximum absolute atomic E-state index is 6.57. The zero-order valence-electron chi connectivity index (χ0n) is 18.0. The van der Waals surface area contributed by atoms with Gasteiger partial charge >= 0.3 is 0 Å². The highest BCUT2D eigenvalue weighted by molar-refractivity contribution is 6.31. The quantitative estimate of drug-likeness (QED) is 0.401. The van der Waals surface area contributed by atoms with E-state index in [1.165, 1.54) is 47.1 Å². The lowest BCUT2D eigenvalue weighted by molar-refractivity contribution is 0.351. The van der Waals surface area contributed by atoms with Gasteiger partial charge in [-0.05, 0) is 84.9 Å². The maximum Gasteiger partial charge on any atom is 0.0912 e. The van der Waals surface area contributed by atoms with Crippen LogP contribution >= 0.6 is 11.6 Å². The monoisotopic (exact) mass is 396 g/mol. The summed E-state index contributed by atoms with van der Waals surface area (Å²) in [4.78, 5) is 7.11. The standard InChI is InChI=1S/C25H33ClN2/c1-18-14-24(27-17-28-11-7-6-8-12-28)19(2)13-21(18)15-20-9-10-22(23(26)16-20)25(3,4)5/h9-10,13-14,16-17H,6-8,11-12,15H2,1-5H3. The number of halogens is 1. The van der Waals surface area contributed by atoms with Crippen LogP contribution in [0.2, 0.25) is 5.02 Å². The number of likely N-dealkylation sites (tertiary alicyclic amines) is 1. The summed E-state index contributed by atoms with van der Waals surface area (Å²) < 4.78 is 0. The van der Waals surface area contributed by atoms with Crippen LogP contribution in [0.3, 0.4) is 0 Å². The maximum atomic E-state index is 6.57. The molecule has 0 saturated carbocycles. The first-order valence-corrected chi connectivity index (χ1v) is 10.8. The van der Waals surface area contributed by atoms with Crippen molar-refractivity contribution in [1.82, 2.24) is 4.90 Å². The summed E-state index contributed by atoms with van der Waals surface area (Å²) in [6.45, 7) is 13.2. The van der Waals surface area contributed by atoms with Crippen molar-refractivity contribution < 1.29 is 0 Å². The third-order valence-electron chi connectivity index (χ3n) is 5.64. The predicted octanol–water partition coefficient (Wildman–Crippen LogP) is 6.99. The highest BCUT2D eigenvalue weighted by Gasteiger charge is 2.17. The number of aliphatic imine (C=N–C) groups is 1. The van der Waals surface area contributed by atoms with Crippen molar-refractivity contribution in [3.63, 3.8) is 0 Å². The van der Waals surface area contributed by atoms with Gasteiger partial charge < -0.3 is 4.90 Å². The van der Waals surface area contributed by atoms with Crippen LogP contribution < -0.4 is 0 Å². The highest BCUT2D eigenvalue weighted by Crippen LogP contribution is 2.31. The minimum atomic E-state index is 0.0656. The van der Waals surface area contributed by atoms with Crippen molar-refractivity contribution in [2.75, 3.05) is 13.1 Å². The Labute approximate surface area is 175 Å². The van der Waals surface area contributed by atoms with Crippen molar-refractivity contribution in [3.05, 3.63) is 63.2 Å². The number of aryl methyl sites for hydroxylation is 2. The Morgan fingerprint density at radius 2 is 1.71 bits per heavy atom. The summed E-state index contributed by atoms with van der Waals surface area (Å²) in [5, 5.41) is 0.863. The first-order chi connectivity index (χ1) is 13.2. The van der Waals surface area contributed by atoms with Gasteiger partial charge in [-0.3, -0.25) is 0 Å². The third-order valence-corrected chi connectivity index (χ3v) is 5.95. The molecule has 1 aliphatic rings. The fraction of sp³-hybridized carbons (Fsp3) is 0.480. The predicted molar refractivity (Wildman–Crippen MR) is 122 cm³/mol. The van der Waals surface area contributed by atoms with E-state index in [1.807, 2.05) is 6.34 Å². The summed E-state index contributed by atoms with van der Waals surface area (Å²) in [6.07, 6.45) is 6.83. The molecule has 3 rings (SSSR count). The topological polar surface area (TPSA) is 15.6 Å². The summed E-state index contributed by atoms with van der Waals surface area (Å²) in [6, 6.07) is 11.0. The summed E-state index contributed by atoms with van der Waals surface area (Å²) in [5.41, 5.74) is 7.45. The normalized spacial score (nSPS) is 15.4. The van der Waals surface area contributed by atoms with Gasteiger partial charge in [0.15, 0.2) is 0 Å². The van der Waals surface area contributed by atoms with Crippen molar-refractivity contribution in [2.45, 2.75) is 65.7 Å². The van der Waals surface area contributed by atoms with Crippen LogP contribution in [-0.2, 0) is 11.8 Å². The first kappa shape index (κ1) is 20.9. The molecule has 0 aromatic heterocycles. The van der Waals surface area contributed by atoms with E-state index in [2.05, 4.69) is 69.9 Å². The summed E-state index contributed by atoms with van der Waals surface area (Å²) in [5.74, 6) is 0. The Kier molecular flexibility index (Phi) is 6.50. The molecular formula is C25H33ClN2. The number of nitrogens with zero attached hydrogens (tertiary/aromatic N) is 2. The smallest absolute Gasteiger partial charge is 0.0912 e. The fourth-order valence-corrected chi connectivity index (χ4v) is 4.35. The van der Waals surface area contributed by atoms with Gasteiger partial charge in [0, 0.05) is 18.1 Å². The molecule has 1 fully saturated rings.